The van der Waals surface area contributed by atoms with E-state index in [9.17, 15) is 4.79 Å². The molecule has 3 heteroatoms. The first kappa shape index (κ1) is 12.2. The van der Waals surface area contributed by atoms with Crippen molar-refractivity contribution < 1.29 is 4.79 Å². The second-order valence-electron chi connectivity index (χ2n) is 3.94. The molecule has 0 radical (unpaired) electrons. The van der Waals surface area contributed by atoms with Crippen molar-refractivity contribution >= 4 is 21.8 Å². The third-order valence-electron chi connectivity index (χ3n) is 2.25. The molecule has 0 fully saturated rings. The van der Waals surface area contributed by atoms with Crippen molar-refractivity contribution in [1.82, 2.24) is 5.32 Å². The van der Waals surface area contributed by atoms with Gasteiger partial charge in [0.2, 0.25) is 5.91 Å². The van der Waals surface area contributed by atoms with Gasteiger partial charge < -0.3 is 5.32 Å². The van der Waals surface area contributed by atoms with Gasteiger partial charge in [-0.1, -0.05) is 41.9 Å². The highest BCUT2D eigenvalue weighted by Gasteiger charge is 2.11. The molecule has 15 heavy (non-hydrogen) atoms. The highest BCUT2D eigenvalue weighted by molar-refractivity contribution is 9.10. The first-order chi connectivity index (χ1) is 7.00. The van der Waals surface area contributed by atoms with Crippen LogP contribution in [0.4, 0.5) is 0 Å². The molecule has 82 valence electrons. The third-order valence-corrected chi connectivity index (χ3v) is 2.78. The molecule has 0 aromatic heterocycles. The van der Waals surface area contributed by atoms with Gasteiger partial charge in [0.05, 0.1) is 6.04 Å². The smallest absolute Gasteiger partial charge is 0.223 e. The van der Waals surface area contributed by atoms with Crippen LogP contribution in [0, 0.1) is 5.92 Å². The van der Waals surface area contributed by atoms with Gasteiger partial charge in [-0.3, -0.25) is 4.79 Å². The molecule has 0 aliphatic heterocycles. The van der Waals surface area contributed by atoms with Gasteiger partial charge in [0.25, 0.3) is 0 Å². The summed E-state index contributed by atoms with van der Waals surface area (Å²) in [6.45, 7) is 5.77. The molecule has 1 aromatic rings. The van der Waals surface area contributed by atoms with Crippen LogP contribution in [-0.2, 0) is 4.79 Å². The zero-order valence-corrected chi connectivity index (χ0v) is 10.8. The molecule has 0 aliphatic rings. The Bertz CT molecular complexity index is 332. The van der Waals surface area contributed by atoms with Gasteiger partial charge in [-0.15, -0.1) is 0 Å². The average molecular weight is 270 g/mol. The van der Waals surface area contributed by atoms with Crippen molar-refractivity contribution in [1.29, 1.82) is 0 Å². The highest BCUT2D eigenvalue weighted by atomic mass is 79.9. The Hall–Kier alpha value is -0.830. The fourth-order valence-corrected chi connectivity index (χ4v) is 1.48. The maximum atomic E-state index is 11.5. The van der Waals surface area contributed by atoms with Gasteiger partial charge in [0.1, 0.15) is 0 Å². The molecular weight excluding hydrogens is 254 g/mol. The summed E-state index contributed by atoms with van der Waals surface area (Å²) in [6.07, 6.45) is 0. The van der Waals surface area contributed by atoms with E-state index in [1.807, 2.05) is 45.0 Å². The normalized spacial score (nSPS) is 12.6. The molecule has 0 saturated heterocycles. The molecule has 1 atom stereocenters. The fraction of sp³-hybridized carbons (Fsp3) is 0.417. The molecule has 0 bridgehead atoms. The summed E-state index contributed by atoms with van der Waals surface area (Å²) in [7, 11) is 0. The predicted octanol–water partition coefficient (Wildman–Crippen LogP) is 3.28. The topological polar surface area (TPSA) is 29.1 Å². The molecule has 0 saturated carbocycles. The fourth-order valence-electron chi connectivity index (χ4n) is 1.21. The number of halogens is 1. The summed E-state index contributed by atoms with van der Waals surface area (Å²) in [5.41, 5.74) is 1.12. The van der Waals surface area contributed by atoms with E-state index in [2.05, 4.69) is 21.2 Å². The van der Waals surface area contributed by atoms with Crippen LogP contribution in [0.15, 0.2) is 28.7 Å². The van der Waals surface area contributed by atoms with E-state index >= 15 is 0 Å². The lowest BCUT2D eigenvalue weighted by atomic mass is 10.1. The second kappa shape index (κ2) is 5.31. The lowest BCUT2D eigenvalue weighted by Gasteiger charge is -2.15. The molecule has 1 N–H and O–H groups in total. The number of carbonyl (C=O) groups is 1. The molecule has 1 rings (SSSR count). The molecule has 0 spiro atoms. The monoisotopic (exact) mass is 269 g/mol. The Morgan fingerprint density at radius 3 is 2.20 bits per heavy atom. The standard InChI is InChI=1S/C12H16BrNO/c1-8(2)12(15)14-9(3)10-4-6-11(13)7-5-10/h4-9H,1-3H3,(H,14,15). The van der Waals surface area contributed by atoms with Crippen molar-refractivity contribution in [3.63, 3.8) is 0 Å². The van der Waals surface area contributed by atoms with Crippen molar-refractivity contribution in [2.24, 2.45) is 5.92 Å². The van der Waals surface area contributed by atoms with Crippen LogP contribution in [-0.4, -0.2) is 5.91 Å². The van der Waals surface area contributed by atoms with E-state index in [4.69, 9.17) is 0 Å². The zero-order chi connectivity index (χ0) is 11.4. The van der Waals surface area contributed by atoms with Crippen LogP contribution in [0.2, 0.25) is 0 Å². The van der Waals surface area contributed by atoms with Crippen LogP contribution in [0.25, 0.3) is 0 Å². The SMILES string of the molecule is CC(C)C(=O)NC(C)c1ccc(Br)cc1. The molecule has 0 aliphatic carbocycles. The van der Waals surface area contributed by atoms with Crippen molar-refractivity contribution in [3.05, 3.63) is 34.3 Å². The number of hydrogen-bond donors (Lipinski definition) is 1. The summed E-state index contributed by atoms with van der Waals surface area (Å²) in [5.74, 6) is 0.119. The van der Waals surface area contributed by atoms with Gasteiger partial charge in [-0.05, 0) is 24.6 Å². The predicted molar refractivity (Wildman–Crippen MR) is 65.5 cm³/mol. The number of rotatable bonds is 3. The lowest BCUT2D eigenvalue weighted by molar-refractivity contribution is -0.124. The van der Waals surface area contributed by atoms with Gasteiger partial charge in [-0.2, -0.15) is 0 Å². The number of amides is 1. The number of nitrogens with one attached hydrogen (secondary N) is 1. The van der Waals surface area contributed by atoms with Crippen LogP contribution in [0.3, 0.4) is 0 Å². The summed E-state index contributed by atoms with van der Waals surface area (Å²) in [6, 6.07) is 8.04. The lowest BCUT2D eigenvalue weighted by Crippen LogP contribution is -2.30. The van der Waals surface area contributed by atoms with Crippen LogP contribution < -0.4 is 5.32 Å². The second-order valence-corrected chi connectivity index (χ2v) is 4.85. The van der Waals surface area contributed by atoms with Gasteiger partial charge in [0.15, 0.2) is 0 Å². The number of hydrogen-bond acceptors (Lipinski definition) is 1. The summed E-state index contributed by atoms with van der Waals surface area (Å²) >= 11 is 3.38. The van der Waals surface area contributed by atoms with Crippen LogP contribution in [0.1, 0.15) is 32.4 Å². The van der Waals surface area contributed by atoms with Gasteiger partial charge in [-0.25, -0.2) is 0 Å². The molecule has 2 nitrogen and oxygen atoms in total. The van der Waals surface area contributed by atoms with Gasteiger partial charge in [0, 0.05) is 10.4 Å². The van der Waals surface area contributed by atoms with E-state index in [0.717, 1.165) is 10.0 Å². The van der Waals surface area contributed by atoms with E-state index in [1.54, 1.807) is 0 Å². The number of benzene rings is 1. The third kappa shape index (κ3) is 3.67. The van der Waals surface area contributed by atoms with E-state index < -0.39 is 0 Å². The molecule has 0 heterocycles. The van der Waals surface area contributed by atoms with Gasteiger partial charge >= 0.3 is 0 Å². The molecule has 1 unspecified atom stereocenters. The molecule has 1 amide bonds. The van der Waals surface area contributed by atoms with Crippen molar-refractivity contribution in [2.75, 3.05) is 0 Å². The van der Waals surface area contributed by atoms with Crippen molar-refractivity contribution in [3.8, 4) is 0 Å². The summed E-state index contributed by atoms with van der Waals surface area (Å²) in [5, 5.41) is 2.96. The van der Waals surface area contributed by atoms with E-state index in [0.29, 0.717) is 0 Å². The Balaban J connectivity index is 2.65. The quantitative estimate of drug-likeness (QED) is 0.897. The molecule has 1 aromatic carbocycles. The summed E-state index contributed by atoms with van der Waals surface area (Å²) < 4.78 is 1.05. The minimum Gasteiger partial charge on any atom is -0.349 e. The Labute approximate surface area is 99.2 Å². The van der Waals surface area contributed by atoms with E-state index in [1.165, 1.54) is 0 Å². The maximum absolute atomic E-state index is 11.5. The largest absolute Gasteiger partial charge is 0.349 e. The Kier molecular flexibility index (Phi) is 4.33. The van der Waals surface area contributed by atoms with Crippen LogP contribution >= 0.6 is 15.9 Å². The Morgan fingerprint density at radius 2 is 1.73 bits per heavy atom. The average Bonchev–Trinajstić information content (AvgIpc) is 2.18. The van der Waals surface area contributed by atoms with Crippen LogP contribution in [0.5, 0.6) is 0 Å². The number of carbonyl (C=O) groups excluding carboxylic acids is 1. The Morgan fingerprint density at radius 1 is 1.20 bits per heavy atom. The maximum Gasteiger partial charge on any atom is 0.223 e. The van der Waals surface area contributed by atoms with E-state index in [-0.39, 0.29) is 17.9 Å². The molecular formula is C12H16BrNO. The first-order valence-corrected chi connectivity index (χ1v) is 5.86. The first-order valence-electron chi connectivity index (χ1n) is 5.06. The zero-order valence-electron chi connectivity index (χ0n) is 9.25. The minimum atomic E-state index is 0.0305. The minimum absolute atomic E-state index is 0.0305. The highest BCUT2D eigenvalue weighted by Crippen LogP contribution is 2.16. The summed E-state index contributed by atoms with van der Waals surface area (Å²) in [4.78, 5) is 11.5. The van der Waals surface area contributed by atoms with Crippen molar-refractivity contribution in [2.45, 2.75) is 26.8 Å².